The number of ether oxygens (including phenoxy) is 2. The summed E-state index contributed by atoms with van der Waals surface area (Å²) in [6.07, 6.45) is -0.872. The molecular weight excluding hydrogens is 253 g/mol. The summed E-state index contributed by atoms with van der Waals surface area (Å²) in [5, 5.41) is 11.6. The van der Waals surface area contributed by atoms with Crippen LogP contribution in [0.5, 0.6) is 5.75 Å². The van der Waals surface area contributed by atoms with Gasteiger partial charge in [-0.3, -0.25) is 4.79 Å². The molecule has 1 rings (SSSR count). The molecule has 2 N–H and O–H groups in total. The molecule has 0 aromatic heterocycles. The first-order chi connectivity index (χ1) is 9.08. The number of hydrogen-bond donors (Lipinski definition) is 2. The molecule has 6 heteroatoms. The molecule has 0 spiro atoms. The molecule has 106 valence electrons. The lowest BCUT2D eigenvalue weighted by Crippen LogP contribution is -2.46. The molecular formula is C13H18FNO4. The van der Waals surface area contributed by atoms with E-state index in [2.05, 4.69) is 5.32 Å². The summed E-state index contributed by atoms with van der Waals surface area (Å²) in [4.78, 5) is 11.8. The van der Waals surface area contributed by atoms with Crippen LogP contribution in [0.2, 0.25) is 0 Å². The summed E-state index contributed by atoms with van der Waals surface area (Å²) in [6.45, 7) is 1.45. The van der Waals surface area contributed by atoms with Crippen molar-refractivity contribution >= 4 is 5.91 Å². The van der Waals surface area contributed by atoms with Crippen LogP contribution in [0.25, 0.3) is 0 Å². The van der Waals surface area contributed by atoms with Gasteiger partial charge in [0, 0.05) is 7.11 Å². The monoisotopic (exact) mass is 271 g/mol. The Morgan fingerprint density at radius 1 is 1.47 bits per heavy atom. The van der Waals surface area contributed by atoms with Gasteiger partial charge in [0.05, 0.1) is 19.3 Å². The number of aliphatic hydroxyl groups is 1. The Kier molecular flexibility index (Phi) is 6.24. The lowest BCUT2D eigenvalue weighted by Gasteiger charge is -2.19. The van der Waals surface area contributed by atoms with Gasteiger partial charge < -0.3 is 19.9 Å². The Bertz CT molecular complexity index is 413. The van der Waals surface area contributed by atoms with Crippen molar-refractivity contribution < 1.29 is 23.8 Å². The third-order valence-electron chi connectivity index (χ3n) is 2.44. The van der Waals surface area contributed by atoms with E-state index in [1.807, 2.05) is 0 Å². The zero-order chi connectivity index (χ0) is 14.3. The van der Waals surface area contributed by atoms with Crippen molar-refractivity contribution in [3.05, 3.63) is 30.1 Å². The van der Waals surface area contributed by atoms with Crippen molar-refractivity contribution in [1.82, 2.24) is 5.32 Å². The largest absolute Gasteiger partial charge is 0.478 e. The summed E-state index contributed by atoms with van der Waals surface area (Å²) >= 11 is 0. The van der Waals surface area contributed by atoms with E-state index < -0.39 is 23.9 Å². The van der Waals surface area contributed by atoms with Crippen molar-refractivity contribution in [1.29, 1.82) is 0 Å². The van der Waals surface area contributed by atoms with Crippen LogP contribution in [0.3, 0.4) is 0 Å². The molecule has 1 amide bonds. The molecule has 0 aliphatic carbocycles. The van der Waals surface area contributed by atoms with E-state index in [0.717, 1.165) is 0 Å². The van der Waals surface area contributed by atoms with Crippen molar-refractivity contribution in [2.45, 2.75) is 19.1 Å². The average molecular weight is 271 g/mol. The number of para-hydroxylation sites is 1. The number of halogens is 1. The fourth-order valence-corrected chi connectivity index (χ4v) is 1.44. The van der Waals surface area contributed by atoms with Gasteiger partial charge in [-0.1, -0.05) is 12.1 Å². The predicted molar refractivity (Wildman–Crippen MR) is 67.4 cm³/mol. The highest BCUT2D eigenvalue weighted by Gasteiger charge is 2.19. The fourth-order valence-electron chi connectivity index (χ4n) is 1.44. The summed E-state index contributed by atoms with van der Waals surface area (Å²) in [7, 11) is 1.47. The quantitative estimate of drug-likeness (QED) is 0.766. The smallest absolute Gasteiger partial charge is 0.261 e. The highest BCUT2D eigenvalue weighted by atomic mass is 19.1. The number of rotatable bonds is 7. The molecule has 2 unspecified atom stereocenters. The predicted octanol–water partition coefficient (Wildman–Crippen LogP) is 0.717. The first-order valence-electron chi connectivity index (χ1n) is 5.89. The molecule has 0 aliphatic heterocycles. The van der Waals surface area contributed by atoms with E-state index in [1.54, 1.807) is 6.07 Å². The van der Waals surface area contributed by atoms with Gasteiger partial charge in [-0.2, -0.15) is 0 Å². The van der Waals surface area contributed by atoms with Gasteiger partial charge in [-0.05, 0) is 19.1 Å². The van der Waals surface area contributed by atoms with Crippen LogP contribution in [0, 0.1) is 5.82 Å². The van der Waals surface area contributed by atoms with Crippen molar-refractivity contribution in [2.75, 3.05) is 20.3 Å². The standard InChI is InChI=1S/C13H18FNO4/c1-9(13(17)15-10(7-16)8-18-2)19-12-6-4-3-5-11(12)14/h3-6,9-10,16H,7-8H2,1-2H3,(H,15,17). The number of nitrogens with one attached hydrogen (secondary N) is 1. The number of aliphatic hydroxyl groups excluding tert-OH is 1. The Labute approximate surface area is 111 Å². The molecule has 19 heavy (non-hydrogen) atoms. The van der Waals surface area contributed by atoms with Gasteiger partial charge in [0.15, 0.2) is 17.7 Å². The van der Waals surface area contributed by atoms with Crippen LogP contribution in [0.1, 0.15) is 6.92 Å². The lowest BCUT2D eigenvalue weighted by atomic mass is 10.3. The van der Waals surface area contributed by atoms with Gasteiger partial charge >= 0.3 is 0 Å². The number of amides is 1. The summed E-state index contributed by atoms with van der Waals surface area (Å²) in [5.41, 5.74) is 0. The van der Waals surface area contributed by atoms with E-state index in [4.69, 9.17) is 14.6 Å². The molecule has 0 saturated heterocycles. The summed E-state index contributed by atoms with van der Waals surface area (Å²) in [5.74, 6) is -0.963. The molecule has 2 atom stereocenters. The summed E-state index contributed by atoms with van der Waals surface area (Å²) < 4.78 is 23.4. The van der Waals surface area contributed by atoms with E-state index in [9.17, 15) is 9.18 Å². The molecule has 0 bridgehead atoms. The number of hydrogen-bond acceptors (Lipinski definition) is 4. The van der Waals surface area contributed by atoms with Crippen LogP contribution >= 0.6 is 0 Å². The maximum atomic E-state index is 13.3. The third kappa shape index (κ3) is 4.84. The Hall–Kier alpha value is -1.66. The third-order valence-corrected chi connectivity index (χ3v) is 2.44. The maximum absolute atomic E-state index is 13.3. The number of carbonyl (C=O) groups is 1. The second kappa shape index (κ2) is 7.70. The van der Waals surface area contributed by atoms with E-state index in [1.165, 1.54) is 32.2 Å². The van der Waals surface area contributed by atoms with Gasteiger partial charge in [0.25, 0.3) is 5.91 Å². The fraction of sp³-hybridized carbons (Fsp3) is 0.462. The maximum Gasteiger partial charge on any atom is 0.261 e. The van der Waals surface area contributed by atoms with Crippen LogP contribution in [-0.4, -0.2) is 43.5 Å². The van der Waals surface area contributed by atoms with Crippen molar-refractivity contribution in [3.63, 3.8) is 0 Å². The van der Waals surface area contributed by atoms with Crippen LogP contribution < -0.4 is 10.1 Å². The topological polar surface area (TPSA) is 67.8 Å². The van der Waals surface area contributed by atoms with E-state index in [-0.39, 0.29) is 19.0 Å². The highest BCUT2D eigenvalue weighted by Crippen LogP contribution is 2.16. The minimum Gasteiger partial charge on any atom is -0.478 e. The molecule has 0 radical (unpaired) electrons. The zero-order valence-electron chi connectivity index (χ0n) is 10.9. The van der Waals surface area contributed by atoms with Crippen LogP contribution in [0.15, 0.2) is 24.3 Å². The van der Waals surface area contributed by atoms with Gasteiger partial charge in [0.2, 0.25) is 0 Å². The number of benzene rings is 1. The first-order valence-corrected chi connectivity index (χ1v) is 5.89. The van der Waals surface area contributed by atoms with Crippen LogP contribution in [-0.2, 0) is 9.53 Å². The molecule has 1 aromatic carbocycles. The first kappa shape index (κ1) is 15.4. The molecule has 0 aliphatic rings. The summed E-state index contributed by atoms with van der Waals surface area (Å²) in [6, 6.07) is 5.33. The molecule has 0 heterocycles. The second-order valence-corrected chi connectivity index (χ2v) is 4.03. The lowest BCUT2D eigenvalue weighted by molar-refractivity contribution is -0.128. The Morgan fingerprint density at radius 3 is 2.74 bits per heavy atom. The molecule has 5 nitrogen and oxygen atoms in total. The average Bonchev–Trinajstić information content (AvgIpc) is 2.40. The van der Waals surface area contributed by atoms with Gasteiger partial charge in [0.1, 0.15) is 0 Å². The highest BCUT2D eigenvalue weighted by molar-refractivity contribution is 5.81. The minimum atomic E-state index is -0.872. The van der Waals surface area contributed by atoms with Crippen molar-refractivity contribution in [2.24, 2.45) is 0 Å². The molecule has 1 aromatic rings. The number of carbonyl (C=O) groups excluding carboxylic acids is 1. The number of methoxy groups -OCH3 is 1. The van der Waals surface area contributed by atoms with Gasteiger partial charge in [-0.15, -0.1) is 0 Å². The molecule has 0 fully saturated rings. The Morgan fingerprint density at radius 2 is 2.16 bits per heavy atom. The zero-order valence-corrected chi connectivity index (χ0v) is 10.9. The SMILES string of the molecule is COCC(CO)NC(=O)C(C)Oc1ccccc1F. The van der Waals surface area contributed by atoms with Crippen LogP contribution in [0.4, 0.5) is 4.39 Å². The van der Waals surface area contributed by atoms with Crippen molar-refractivity contribution in [3.8, 4) is 5.75 Å². The second-order valence-electron chi connectivity index (χ2n) is 4.03. The van der Waals surface area contributed by atoms with Gasteiger partial charge in [-0.25, -0.2) is 4.39 Å². The Balaban J connectivity index is 2.55. The van der Waals surface area contributed by atoms with E-state index in [0.29, 0.717) is 0 Å². The van der Waals surface area contributed by atoms with E-state index >= 15 is 0 Å². The minimum absolute atomic E-state index is 0.0115. The normalized spacial score (nSPS) is 13.7. The molecule has 0 saturated carbocycles.